The summed E-state index contributed by atoms with van der Waals surface area (Å²) in [6.45, 7) is 5.44. The molecule has 5 nitrogen and oxygen atoms in total. The molecule has 0 amide bonds. The van der Waals surface area contributed by atoms with Crippen LogP contribution in [0.15, 0.2) is 42.6 Å². The van der Waals surface area contributed by atoms with Gasteiger partial charge in [0.25, 0.3) is 0 Å². The smallest absolute Gasteiger partial charge is 0.164 e. The molecule has 3 heterocycles. The third-order valence-corrected chi connectivity index (χ3v) is 4.63. The first-order valence-corrected chi connectivity index (χ1v) is 8.11. The van der Waals surface area contributed by atoms with Gasteiger partial charge in [-0.1, -0.05) is 6.92 Å². The number of phenols is 1. The summed E-state index contributed by atoms with van der Waals surface area (Å²) in [5, 5.41) is 9.57. The van der Waals surface area contributed by atoms with Crippen LogP contribution in [0.3, 0.4) is 0 Å². The Bertz CT molecular complexity index is 825. The number of likely N-dealkylation sites (N-methyl/N-ethyl adjacent to an activating group) is 1. The highest BCUT2D eigenvalue weighted by Gasteiger charge is 2.28. The second-order valence-corrected chi connectivity index (χ2v) is 6.05. The van der Waals surface area contributed by atoms with Crippen molar-refractivity contribution < 1.29 is 5.11 Å². The van der Waals surface area contributed by atoms with Crippen molar-refractivity contribution in [1.29, 1.82) is 0 Å². The van der Waals surface area contributed by atoms with Gasteiger partial charge in [0.05, 0.1) is 0 Å². The predicted molar refractivity (Wildman–Crippen MR) is 90.0 cm³/mol. The predicted octanol–water partition coefficient (Wildman–Crippen LogP) is 2.94. The molecule has 118 valence electrons. The Balaban J connectivity index is 1.86. The largest absolute Gasteiger partial charge is 0.508 e. The van der Waals surface area contributed by atoms with E-state index in [1.165, 1.54) is 0 Å². The first-order valence-electron chi connectivity index (χ1n) is 8.11. The van der Waals surface area contributed by atoms with Gasteiger partial charge in [-0.25, -0.2) is 9.97 Å². The molecule has 0 saturated carbocycles. The highest BCUT2D eigenvalue weighted by atomic mass is 16.3. The van der Waals surface area contributed by atoms with Crippen LogP contribution in [0.2, 0.25) is 0 Å². The molecule has 0 radical (unpaired) electrons. The number of rotatable bonds is 3. The van der Waals surface area contributed by atoms with E-state index in [0.717, 1.165) is 48.7 Å². The van der Waals surface area contributed by atoms with Crippen LogP contribution in [-0.4, -0.2) is 44.2 Å². The van der Waals surface area contributed by atoms with Gasteiger partial charge in [0.1, 0.15) is 17.1 Å². The van der Waals surface area contributed by atoms with Crippen LogP contribution in [0.4, 0.5) is 0 Å². The second kappa shape index (κ2) is 5.66. The summed E-state index contributed by atoms with van der Waals surface area (Å²) in [5.74, 6) is 1.75. The molecule has 1 aliphatic rings. The number of hydrogen-bond acceptors (Lipinski definition) is 4. The Morgan fingerprint density at radius 1 is 1.22 bits per heavy atom. The molecular formula is C18H20N4O. The van der Waals surface area contributed by atoms with Gasteiger partial charge in [-0.05, 0) is 55.9 Å². The van der Waals surface area contributed by atoms with Crippen LogP contribution in [0.1, 0.15) is 25.1 Å². The van der Waals surface area contributed by atoms with Crippen molar-refractivity contribution in [2.45, 2.75) is 19.3 Å². The van der Waals surface area contributed by atoms with Gasteiger partial charge in [-0.3, -0.25) is 4.57 Å². The summed E-state index contributed by atoms with van der Waals surface area (Å²) < 4.78 is 2.14. The molecule has 1 N–H and O–H groups in total. The summed E-state index contributed by atoms with van der Waals surface area (Å²) in [4.78, 5) is 11.9. The maximum atomic E-state index is 9.57. The maximum Gasteiger partial charge on any atom is 0.164 e. The Morgan fingerprint density at radius 2 is 2.04 bits per heavy atom. The lowest BCUT2D eigenvalue weighted by molar-refractivity contribution is 0.352. The van der Waals surface area contributed by atoms with Crippen LogP contribution in [0.25, 0.3) is 16.9 Å². The van der Waals surface area contributed by atoms with E-state index >= 15 is 0 Å². The topological polar surface area (TPSA) is 54.2 Å². The minimum Gasteiger partial charge on any atom is -0.508 e. The van der Waals surface area contributed by atoms with Crippen LogP contribution in [0, 0.1) is 0 Å². The Hall–Kier alpha value is -2.40. The summed E-state index contributed by atoms with van der Waals surface area (Å²) in [7, 11) is 0. The van der Waals surface area contributed by atoms with Gasteiger partial charge < -0.3 is 10.0 Å². The molecule has 1 atom stereocenters. The Kier molecular flexibility index (Phi) is 3.50. The highest BCUT2D eigenvalue weighted by Crippen LogP contribution is 2.31. The average molecular weight is 308 g/mol. The van der Waals surface area contributed by atoms with Gasteiger partial charge >= 0.3 is 0 Å². The summed E-state index contributed by atoms with van der Waals surface area (Å²) >= 11 is 0. The number of pyridine rings is 1. The maximum absolute atomic E-state index is 9.57. The SMILES string of the molecule is CCN1CCC(c2nc3cccnc3n2-c2ccc(O)cc2)C1. The molecule has 2 aromatic heterocycles. The normalized spacial score (nSPS) is 18.7. The van der Waals surface area contributed by atoms with Crippen LogP contribution >= 0.6 is 0 Å². The third-order valence-electron chi connectivity index (χ3n) is 4.63. The molecule has 5 heteroatoms. The number of benzene rings is 1. The van der Waals surface area contributed by atoms with Crippen LogP contribution in [0.5, 0.6) is 5.75 Å². The molecule has 1 fully saturated rings. The molecule has 1 aliphatic heterocycles. The van der Waals surface area contributed by atoms with Gasteiger partial charge in [0.15, 0.2) is 5.65 Å². The van der Waals surface area contributed by atoms with Crippen molar-refractivity contribution in [3.05, 3.63) is 48.4 Å². The fraction of sp³-hybridized carbons (Fsp3) is 0.333. The van der Waals surface area contributed by atoms with Crippen molar-refractivity contribution >= 4 is 11.2 Å². The fourth-order valence-corrected chi connectivity index (χ4v) is 3.39. The van der Waals surface area contributed by atoms with E-state index in [-0.39, 0.29) is 5.75 Å². The molecule has 1 aromatic carbocycles. The van der Waals surface area contributed by atoms with Gasteiger partial charge in [0, 0.05) is 24.3 Å². The number of likely N-dealkylation sites (tertiary alicyclic amines) is 1. The van der Waals surface area contributed by atoms with Crippen LogP contribution in [-0.2, 0) is 0 Å². The number of aromatic hydroxyl groups is 1. The number of hydrogen-bond donors (Lipinski definition) is 1. The number of aromatic nitrogens is 3. The minimum atomic E-state index is 0.269. The summed E-state index contributed by atoms with van der Waals surface area (Å²) in [5.41, 5.74) is 2.79. The van der Waals surface area contributed by atoms with E-state index in [1.54, 1.807) is 18.3 Å². The highest BCUT2D eigenvalue weighted by molar-refractivity contribution is 5.74. The number of nitrogens with zero attached hydrogens (tertiary/aromatic N) is 4. The molecule has 0 bridgehead atoms. The molecule has 3 aromatic rings. The molecule has 23 heavy (non-hydrogen) atoms. The quantitative estimate of drug-likeness (QED) is 0.808. The molecule has 0 aliphatic carbocycles. The Labute approximate surface area is 135 Å². The van der Waals surface area contributed by atoms with Crippen molar-refractivity contribution in [2.75, 3.05) is 19.6 Å². The number of imidazole rings is 1. The molecule has 4 rings (SSSR count). The van der Waals surface area contributed by atoms with Crippen molar-refractivity contribution in [3.8, 4) is 11.4 Å². The number of fused-ring (bicyclic) bond motifs is 1. The zero-order chi connectivity index (χ0) is 15.8. The standard InChI is InChI=1S/C18H20N4O/c1-2-21-11-9-13(12-21)17-20-16-4-3-10-19-18(16)22(17)14-5-7-15(23)8-6-14/h3-8,10,13,23H,2,9,11-12H2,1H3. The van der Waals surface area contributed by atoms with Crippen molar-refractivity contribution in [1.82, 2.24) is 19.4 Å². The van der Waals surface area contributed by atoms with Gasteiger partial charge in [-0.15, -0.1) is 0 Å². The zero-order valence-corrected chi connectivity index (χ0v) is 13.2. The van der Waals surface area contributed by atoms with E-state index in [2.05, 4.69) is 21.4 Å². The van der Waals surface area contributed by atoms with E-state index in [1.807, 2.05) is 24.3 Å². The van der Waals surface area contributed by atoms with E-state index < -0.39 is 0 Å². The average Bonchev–Trinajstić information content (AvgIpc) is 3.19. The fourth-order valence-electron chi connectivity index (χ4n) is 3.39. The van der Waals surface area contributed by atoms with Crippen molar-refractivity contribution in [2.24, 2.45) is 0 Å². The number of phenolic OH excluding ortho intramolecular Hbond substituents is 1. The van der Waals surface area contributed by atoms with E-state index in [0.29, 0.717) is 5.92 Å². The van der Waals surface area contributed by atoms with Crippen LogP contribution < -0.4 is 0 Å². The molecule has 1 unspecified atom stereocenters. The minimum absolute atomic E-state index is 0.269. The first kappa shape index (κ1) is 14.2. The van der Waals surface area contributed by atoms with Crippen molar-refractivity contribution in [3.63, 3.8) is 0 Å². The molecule has 1 saturated heterocycles. The lowest BCUT2D eigenvalue weighted by Gasteiger charge is -2.15. The van der Waals surface area contributed by atoms with Gasteiger partial charge in [-0.2, -0.15) is 0 Å². The first-order chi connectivity index (χ1) is 11.3. The summed E-state index contributed by atoms with van der Waals surface area (Å²) in [6, 6.07) is 11.2. The Morgan fingerprint density at radius 3 is 2.78 bits per heavy atom. The third kappa shape index (κ3) is 2.47. The lowest BCUT2D eigenvalue weighted by atomic mass is 10.1. The van der Waals surface area contributed by atoms with Gasteiger partial charge in [0.2, 0.25) is 0 Å². The second-order valence-electron chi connectivity index (χ2n) is 6.05. The lowest BCUT2D eigenvalue weighted by Crippen LogP contribution is -2.20. The monoisotopic (exact) mass is 308 g/mol. The zero-order valence-electron chi connectivity index (χ0n) is 13.2. The van der Waals surface area contributed by atoms with E-state index in [9.17, 15) is 5.11 Å². The molecular weight excluding hydrogens is 288 g/mol. The molecule has 0 spiro atoms. The summed E-state index contributed by atoms with van der Waals surface area (Å²) in [6.07, 6.45) is 2.92. The van der Waals surface area contributed by atoms with E-state index in [4.69, 9.17) is 4.98 Å².